The lowest BCUT2D eigenvalue weighted by molar-refractivity contribution is -0.155. The number of cyclic esters (lactones) is 1. The van der Waals surface area contributed by atoms with Crippen LogP contribution < -0.4 is 16.5 Å². The summed E-state index contributed by atoms with van der Waals surface area (Å²) in [6, 6.07) is 11.6. The molecule has 4 N–H and O–H groups in total. The molecule has 1 saturated heterocycles. The summed E-state index contributed by atoms with van der Waals surface area (Å²) in [5.74, 6) is -2.18. The summed E-state index contributed by atoms with van der Waals surface area (Å²) < 4.78 is 14.2. The lowest BCUT2D eigenvalue weighted by Gasteiger charge is -2.37. The number of nitrogens with zero attached hydrogens (tertiary/aromatic N) is 4. The van der Waals surface area contributed by atoms with E-state index in [-0.39, 0.29) is 42.9 Å². The summed E-state index contributed by atoms with van der Waals surface area (Å²) in [6.45, 7) is 19.2. The first kappa shape index (κ1) is 49.9. The van der Waals surface area contributed by atoms with E-state index in [0.29, 0.717) is 56.6 Å². The molecule has 7 rings (SSSR count). The smallest absolute Gasteiger partial charge is 0.324 e. The van der Waals surface area contributed by atoms with Crippen LogP contribution in [0.5, 0.6) is 0 Å². The molecule has 4 atom stereocenters. The van der Waals surface area contributed by atoms with Gasteiger partial charge in [-0.15, -0.1) is 0 Å². The molecule has 2 aromatic carbocycles. The van der Waals surface area contributed by atoms with Crippen LogP contribution in [0.25, 0.3) is 27.6 Å². The number of hydrogen-bond acceptors (Lipinski definition) is 9. The fourth-order valence-corrected chi connectivity index (χ4v) is 9.88. The molecule has 6 bridgehead atoms. The number of nitrogens with two attached hydrogens (primary N) is 1. The zero-order valence-electron chi connectivity index (χ0n) is 41.2. The molecule has 2 fully saturated rings. The lowest BCUT2D eigenvalue weighted by atomic mass is 9.84. The zero-order valence-corrected chi connectivity index (χ0v) is 41.2. The second kappa shape index (κ2) is 21.1. The Balaban J connectivity index is 1.32. The molecule has 0 unspecified atom stereocenters. The van der Waals surface area contributed by atoms with Gasteiger partial charge in [0.2, 0.25) is 11.8 Å². The maximum Gasteiger partial charge on any atom is 0.324 e. The van der Waals surface area contributed by atoms with Gasteiger partial charge in [0.1, 0.15) is 18.1 Å². The van der Waals surface area contributed by atoms with Crippen LogP contribution in [-0.2, 0) is 52.8 Å². The number of esters is 1. The van der Waals surface area contributed by atoms with Gasteiger partial charge in [-0.2, -0.15) is 0 Å². The number of ether oxygens (including phenoxy) is 2. The molecule has 3 aliphatic heterocycles. The largest absolute Gasteiger partial charge is 0.464 e. The Kier molecular flexibility index (Phi) is 15.5. The third kappa shape index (κ3) is 10.7. The predicted octanol–water partition coefficient (Wildman–Crippen LogP) is 6.97. The SMILES string of the molecule is C=CC(=O)N1C=C(C(=O)N(C2CC2)[C@H](C(=O)N[C@H]2Cc3cccc(c3)-c3ccc4c(c3)c(c(C(/C=C\CC)=C(/N)[C@H](C)OC)n4CC)CC(C)(C)COC(=O)[C@@H]3CCCN(N3)C2=O)C(C)C)CC1. The zero-order chi connectivity index (χ0) is 49.0. The lowest BCUT2D eigenvalue weighted by Crippen LogP contribution is -2.62. The van der Waals surface area contributed by atoms with Crippen molar-refractivity contribution in [2.75, 3.05) is 26.8 Å². The third-order valence-electron chi connectivity index (χ3n) is 13.7. The normalized spacial score (nSPS) is 21.2. The van der Waals surface area contributed by atoms with E-state index in [9.17, 15) is 24.0 Å². The molecule has 4 heterocycles. The molecule has 1 aromatic heterocycles. The van der Waals surface area contributed by atoms with Crippen LogP contribution in [0.3, 0.4) is 0 Å². The van der Waals surface area contributed by atoms with Gasteiger partial charge in [0.15, 0.2) is 0 Å². The number of carbonyl (C=O) groups is 5. The quantitative estimate of drug-likeness (QED) is 0.0932. The van der Waals surface area contributed by atoms with Crippen molar-refractivity contribution in [2.45, 2.75) is 137 Å². The van der Waals surface area contributed by atoms with E-state index in [0.717, 1.165) is 63.7 Å². The number of hydrogen-bond donors (Lipinski definition) is 3. The number of amides is 4. The molecule has 3 aromatic rings. The van der Waals surface area contributed by atoms with Crippen molar-refractivity contribution in [1.82, 2.24) is 30.1 Å². The minimum Gasteiger partial charge on any atom is -0.464 e. The highest BCUT2D eigenvalue weighted by Crippen LogP contribution is 2.40. The van der Waals surface area contributed by atoms with Crippen LogP contribution in [0.1, 0.15) is 104 Å². The number of nitrogens with one attached hydrogen (secondary N) is 2. The van der Waals surface area contributed by atoms with Gasteiger partial charge < -0.3 is 34.9 Å². The molecule has 364 valence electrons. The second-order valence-corrected chi connectivity index (χ2v) is 19.9. The maximum absolute atomic E-state index is 14.8. The van der Waals surface area contributed by atoms with Crippen molar-refractivity contribution >= 4 is 46.1 Å². The van der Waals surface area contributed by atoms with E-state index in [2.05, 4.69) is 92.1 Å². The van der Waals surface area contributed by atoms with Gasteiger partial charge in [0, 0.05) is 78.6 Å². The third-order valence-corrected chi connectivity index (χ3v) is 13.7. The Morgan fingerprint density at radius 1 is 1.06 bits per heavy atom. The molecule has 14 heteroatoms. The summed E-state index contributed by atoms with van der Waals surface area (Å²) in [5.41, 5.74) is 17.5. The number of aryl methyl sites for hydroxylation is 1. The number of fused-ring (bicyclic) bond motifs is 6. The first-order valence-corrected chi connectivity index (χ1v) is 24.4. The van der Waals surface area contributed by atoms with Gasteiger partial charge in [-0.1, -0.05) is 83.7 Å². The van der Waals surface area contributed by atoms with Crippen LogP contribution >= 0.6 is 0 Å². The summed E-state index contributed by atoms with van der Waals surface area (Å²) in [6.07, 6.45) is 11.1. The number of aromatic nitrogens is 1. The topological polar surface area (TPSA) is 169 Å². The molecule has 14 nitrogen and oxygen atoms in total. The summed E-state index contributed by atoms with van der Waals surface area (Å²) in [7, 11) is 1.66. The fourth-order valence-electron chi connectivity index (χ4n) is 9.88. The van der Waals surface area contributed by atoms with Crippen molar-refractivity contribution < 1.29 is 33.4 Å². The molecule has 0 radical (unpaired) electrons. The van der Waals surface area contributed by atoms with Crippen molar-refractivity contribution in [2.24, 2.45) is 17.1 Å². The Labute approximate surface area is 401 Å². The molecule has 4 aliphatic rings. The summed E-state index contributed by atoms with van der Waals surface area (Å²) in [4.78, 5) is 73.5. The number of allylic oxidation sites excluding steroid dienone is 3. The van der Waals surface area contributed by atoms with Crippen molar-refractivity contribution in [3.05, 3.63) is 102 Å². The van der Waals surface area contributed by atoms with E-state index in [1.54, 1.807) is 18.2 Å². The molecular formula is C54H71N7O7. The Hall–Kier alpha value is -5.99. The molecule has 4 amide bonds. The number of hydrazine groups is 1. The van der Waals surface area contributed by atoms with Crippen LogP contribution in [0.4, 0.5) is 0 Å². The van der Waals surface area contributed by atoms with E-state index in [1.807, 2.05) is 32.9 Å². The number of methoxy groups -OCH3 is 1. The Morgan fingerprint density at radius 2 is 1.81 bits per heavy atom. The predicted molar refractivity (Wildman–Crippen MR) is 265 cm³/mol. The highest BCUT2D eigenvalue weighted by Gasteiger charge is 2.45. The van der Waals surface area contributed by atoms with Gasteiger partial charge in [-0.3, -0.25) is 29.0 Å². The second-order valence-electron chi connectivity index (χ2n) is 19.9. The molecule has 1 aliphatic carbocycles. The average Bonchev–Trinajstić information content (AvgIpc) is 3.97. The minimum absolute atomic E-state index is 0.122. The van der Waals surface area contributed by atoms with E-state index < -0.39 is 41.3 Å². The molecular weight excluding hydrogens is 859 g/mol. The van der Waals surface area contributed by atoms with E-state index >= 15 is 0 Å². The Morgan fingerprint density at radius 3 is 2.49 bits per heavy atom. The fraction of sp³-hybridized carbons (Fsp3) is 0.500. The Bertz CT molecular complexity index is 2530. The minimum atomic E-state index is -1.06. The van der Waals surface area contributed by atoms with Crippen LogP contribution in [0, 0.1) is 11.3 Å². The standard InChI is InChI=1S/C54H71N7O7/c1-10-13-18-40(47(55)34(6)67-9)49-42-30-54(7,8)32-68-53(66)43-19-15-25-60(57-43)52(65)44(28-35-16-14-17-36(27-35)37-20-23-45(41(42)29-37)59(49)12-3)56-50(63)48(33(4)5)61(39-21-22-39)51(64)38-24-26-58(31-38)46(62)11-2/h11,13-14,16-18,20,23,27,29,31,33-34,39,43-44,48,57H,2,10,12,15,19,21-22,24-26,28,30,32,55H2,1,3-9H3,(H,56,63)/b18-13-,47-40+/t34-,43-,44-,48-/m0/s1. The summed E-state index contributed by atoms with van der Waals surface area (Å²) >= 11 is 0. The van der Waals surface area contributed by atoms with Crippen LogP contribution in [0.15, 0.2) is 84.7 Å². The van der Waals surface area contributed by atoms with E-state index in [4.69, 9.17) is 15.2 Å². The van der Waals surface area contributed by atoms with Crippen LogP contribution in [-0.4, -0.2) is 106 Å². The van der Waals surface area contributed by atoms with Crippen molar-refractivity contribution in [3.63, 3.8) is 0 Å². The molecule has 0 spiro atoms. The number of rotatable bonds is 13. The maximum atomic E-state index is 14.8. The number of carbonyl (C=O) groups excluding carboxylic acids is 5. The van der Waals surface area contributed by atoms with Gasteiger partial charge in [-0.05, 0) is 105 Å². The molecule has 68 heavy (non-hydrogen) atoms. The van der Waals surface area contributed by atoms with Crippen molar-refractivity contribution in [1.29, 1.82) is 0 Å². The van der Waals surface area contributed by atoms with E-state index in [1.165, 1.54) is 16.0 Å². The molecule has 1 saturated carbocycles. The van der Waals surface area contributed by atoms with Crippen molar-refractivity contribution in [3.8, 4) is 11.1 Å². The first-order chi connectivity index (χ1) is 32.5. The van der Waals surface area contributed by atoms with Gasteiger partial charge in [-0.25, -0.2) is 5.43 Å². The van der Waals surface area contributed by atoms with Gasteiger partial charge in [0.05, 0.1) is 18.4 Å². The highest BCUT2D eigenvalue weighted by atomic mass is 16.5. The van der Waals surface area contributed by atoms with Crippen LogP contribution in [0.2, 0.25) is 0 Å². The monoisotopic (exact) mass is 930 g/mol. The van der Waals surface area contributed by atoms with Gasteiger partial charge >= 0.3 is 5.97 Å². The highest BCUT2D eigenvalue weighted by molar-refractivity contribution is 6.00. The first-order valence-electron chi connectivity index (χ1n) is 24.4. The number of benzene rings is 2. The van der Waals surface area contributed by atoms with Gasteiger partial charge in [0.25, 0.3) is 11.8 Å². The summed E-state index contributed by atoms with van der Waals surface area (Å²) in [5, 5.41) is 5.62. The average molecular weight is 930 g/mol.